The lowest BCUT2D eigenvalue weighted by Gasteiger charge is -2.06. The fraction of sp³-hybridized carbons (Fsp3) is 0.222. The zero-order chi connectivity index (χ0) is 17.8. The zero-order valence-corrected chi connectivity index (χ0v) is 14.7. The van der Waals surface area contributed by atoms with Crippen molar-refractivity contribution < 1.29 is 13.9 Å². The first-order chi connectivity index (χ1) is 12.0. The molecule has 1 N–H and O–H groups in total. The molecule has 1 aromatic carbocycles. The quantitative estimate of drug-likeness (QED) is 0.731. The summed E-state index contributed by atoms with van der Waals surface area (Å²) in [5.74, 6) is 1.05. The van der Waals surface area contributed by atoms with Gasteiger partial charge in [-0.15, -0.1) is 0 Å². The number of carbonyl (C=O) groups is 1. The topological polar surface area (TPSA) is 69.3 Å². The Morgan fingerprint density at radius 2 is 2.12 bits per heavy atom. The summed E-state index contributed by atoms with van der Waals surface area (Å²) in [6.07, 6.45) is 0. The van der Waals surface area contributed by atoms with Crippen LogP contribution in [0.15, 0.2) is 46.9 Å². The number of nitrogens with zero attached hydrogens (tertiary/aromatic N) is 2. The lowest BCUT2D eigenvalue weighted by atomic mass is 10.3. The third kappa shape index (κ3) is 4.22. The number of aryl methyl sites for hydroxylation is 2. The molecule has 0 saturated heterocycles. The van der Waals surface area contributed by atoms with Gasteiger partial charge in [0.1, 0.15) is 18.1 Å². The fourth-order valence-corrected chi connectivity index (χ4v) is 2.57. The van der Waals surface area contributed by atoms with Gasteiger partial charge in [-0.25, -0.2) is 0 Å². The number of para-hydroxylation sites is 1. The first-order valence-corrected chi connectivity index (χ1v) is 8.14. The Labute approximate surface area is 150 Å². The van der Waals surface area contributed by atoms with Crippen molar-refractivity contribution in [3.8, 4) is 5.75 Å². The Morgan fingerprint density at radius 1 is 1.32 bits per heavy atom. The average molecular weight is 360 g/mol. The van der Waals surface area contributed by atoms with Crippen molar-refractivity contribution in [1.82, 2.24) is 15.1 Å². The van der Waals surface area contributed by atoms with E-state index in [0.717, 1.165) is 11.4 Å². The predicted octanol–water partition coefficient (Wildman–Crippen LogP) is 3.48. The van der Waals surface area contributed by atoms with Gasteiger partial charge in [-0.05, 0) is 37.3 Å². The molecule has 2 heterocycles. The van der Waals surface area contributed by atoms with Gasteiger partial charge in [-0.1, -0.05) is 23.7 Å². The summed E-state index contributed by atoms with van der Waals surface area (Å²) < 4.78 is 12.9. The van der Waals surface area contributed by atoms with E-state index < -0.39 is 0 Å². The van der Waals surface area contributed by atoms with E-state index >= 15 is 0 Å². The number of amides is 1. The first-order valence-electron chi connectivity index (χ1n) is 7.76. The van der Waals surface area contributed by atoms with Crippen molar-refractivity contribution in [1.29, 1.82) is 0 Å². The molecule has 7 heteroatoms. The lowest BCUT2D eigenvalue weighted by molar-refractivity contribution is 0.0918. The number of hydrogen-bond donors (Lipinski definition) is 1. The minimum absolute atomic E-state index is 0.192. The third-order valence-electron chi connectivity index (χ3n) is 3.62. The summed E-state index contributed by atoms with van der Waals surface area (Å²) in [7, 11) is 1.84. The molecule has 1 amide bonds. The molecular weight excluding hydrogens is 342 g/mol. The number of carbonyl (C=O) groups excluding carboxylic acids is 1. The Hall–Kier alpha value is -2.73. The highest BCUT2D eigenvalue weighted by atomic mass is 35.5. The highest BCUT2D eigenvalue weighted by Gasteiger charge is 2.13. The van der Waals surface area contributed by atoms with Gasteiger partial charge < -0.3 is 14.5 Å². The molecule has 3 rings (SSSR count). The minimum atomic E-state index is -0.289. The van der Waals surface area contributed by atoms with Crippen molar-refractivity contribution in [2.45, 2.75) is 20.1 Å². The van der Waals surface area contributed by atoms with E-state index in [0.29, 0.717) is 23.1 Å². The fourth-order valence-electron chi connectivity index (χ4n) is 2.38. The smallest absolute Gasteiger partial charge is 0.287 e. The van der Waals surface area contributed by atoms with Crippen LogP contribution in [0.4, 0.5) is 0 Å². The third-order valence-corrected chi connectivity index (χ3v) is 3.93. The molecule has 0 aliphatic carbocycles. The van der Waals surface area contributed by atoms with Crippen LogP contribution in [0.2, 0.25) is 5.02 Å². The van der Waals surface area contributed by atoms with Crippen LogP contribution in [0.3, 0.4) is 0 Å². The number of halogens is 1. The maximum atomic E-state index is 12.2. The molecule has 0 radical (unpaired) electrons. The van der Waals surface area contributed by atoms with Gasteiger partial charge >= 0.3 is 0 Å². The molecule has 0 atom stereocenters. The second kappa shape index (κ2) is 7.44. The predicted molar refractivity (Wildman–Crippen MR) is 93.6 cm³/mol. The Bertz CT molecular complexity index is 885. The Kier molecular flexibility index (Phi) is 5.09. The summed E-state index contributed by atoms with van der Waals surface area (Å²) in [6.45, 7) is 2.48. The molecule has 0 saturated carbocycles. The van der Waals surface area contributed by atoms with Crippen LogP contribution >= 0.6 is 11.6 Å². The molecule has 0 spiro atoms. The van der Waals surface area contributed by atoms with Gasteiger partial charge in [0.2, 0.25) is 0 Å². The van der Waals surface area contributed by atoms with E-state index in [1.807, 2.05) is 32.2 Å². The molecule has 0 fully saturated rings. The monoisotopic (exact) mass is 359 g/mol. The minimum Gasteiger partial charge on any atom is -0.484 e. The Morgan fingerprint density at radius 3 is 2.84 bits per heavy atom. The molecule has 2 aromatic heterocycles. The van der Waals surface area contributed by atoms with Crippen molar-refractivity contribution in [3.05, 3.63) is 70.4 Å². The second-order valence-corrected chi connectivity index (χ2v) is 5.98. The van der Waals surface area contributed by atoms with Gasteiger partial charge in [0.05, 0.1) is 23.0 Å². The number of furan rings is 1. The first kappa shape index (κ1) is 17.1. The highest BCUT2D eigenvalue weighted by molar-refractivity contribution is 6.32. The van der Waals surface area contributed by atoms with Gasteiger partial charge in [0, 0.05) is 7.05 Å². The maximum absolute atomic E-state index is 12.2. The molecule has 0 unspecified atom stereocenters. The van der Waals surface area contributed by atoms with Gasteiger partial charge in [0.25, 0.3) is 5.91 Å². The number of benzene rings is 1. The van der Waals surface area contributed by atoms with Crippen LogP contribution in [0, 0.1) is 6.92 Å². The number of hydrogen-bond acceptors (Lipinski definition) is 4. The lowest BCUT2D eigenvalue weighted by Crippen LogP contribution is -2.23. The average Bonchev–Trinajstić information content (AvgIpc) is 3.18. The summed E-state index contributed by atoms with van der Waals surface area (Å²) in [5, 5.41) is 7.58. The number of nitrogens with one attached hydrogen (secondary N) is 1. The van der Waals surface area contributed by atoms with Crippen LogP contribution in [0.1, 0.15) is 27.7 Å². The molecular formula is C18H18ClN3O3. The summed E-state index contributed by atoms with van der Waals surface area (Å²) >= 11 is 6.03. The number of aromatic nitrogens is 2. The van der Waals surface area contributed by atoms with Gasteiger partial charge in [-0.2, -0.15) is 5.10 Å². The molecule has 3 aromatic rings. The Balaban J connectivity index is 1.56. The van der Waals surface area contributed by atoms with E-state index in [4.69, 9.17) is 20.8 Å². The largest absolute Gasteiger partial charge is 0.484 e. The van der Waals surface area contributed by atoms with E-state index in [2.05, 4.69) is 10.4 Å². The summed E-state index contributed by atoms with van der Waals surface area (Å²) in [5.41, 5.74) is 1.82. The van der Waals surface area contributed by atoms with E-state index in [1.54, 1.807) is 28.9 Å². The standard InChI is InChI=1S/C18H18ClN3O3/c1-12-9-13(22(2)21-12)10-20-18(23)17-8-7-14(25-17)11-24-16-6-4-3-5-15(16)19/h3-9H,10-11H2,1-2H3,(H,20,23). The number of ether oxygens (including phenoxy) is 1. The van der Waals surface area contributed by atoms with Crippen LogP contribution in [-0.2, 0) is 20.2 Å². The summed E-state index contributed by atoms with van der Waals surface area (Å²) in [6, 6.07) is 12.4. The van der Waals surface area contributed by atoms with Crippen molar-refractivity contribution in [3.63, 3.8) is 0 Å². The van der Waals surface area contributed by atoms with Crippen molar-refractivity contribution in [2.24, 2.45) is 7.05 Å². The second-order valence-electron chi connectivity index (χ2n) is 5.57. The van der Waals surface area contributed by atoms with Crippen LogP contribution in [-0.4, -0.2) is 15.7 Å². The van der Waals surface area contributed by atoms with Crippen LogP contribution in [0.25, 0.3) is 0 Å². The van der Waals surface area contributed by atoms with Gasteiger partial charge in [-0.3, -0.25) is 9.48 Å². The van der Waals surface area contributed by atoms with E-state index in [1.165, 1.54) is 0 Å². The van der Waals surface area contributed by atoms with Crippen molar-refractivity contribution >= 4 is 17.5 Å². The molecule has 0 bridgehead atoms. The zero-order valence-electron chi connectivity index (χ0n) is 14.0. The van der Waals surface area contributed by atoms with E-state index in [-0.39, 0.29) is 18.3 Å². The summed E-state index contributed by atoms with van der Waals surface area (Å²) in [4.78, 5) is 12.2. The van der Waals surface area contributed by atoms with Crippen LogP contribution < -0.4 is 10.1 Å². The normalized spacial score (nSPS) is 10.7. The van der Waals surface area contributed by atoms with Crippen molar-refractivity contribution in [2.75, 3.05) is 0 Å². The number of rotatable bonds is 6. The molecule has 0 aliphatic heterocycles. The van der Waals surface area contributed by atoms with E-state index in [9.17, 15) is 4.79 Å². The molecule has 130 valence electrons. The SMILES string of the molecule is Cc1cc(CNC(=O)c2ccc(COc3ccccc3Cl)o2)n(C)n1. The van der Waals surface area contributed by atoms with Crippen LogP contribution in [0.5, 0.6) is 5.75 Å². The van der Waals surface area contributed by atoms with Gasteiger partial charge in [0.15, 0.2) is 5.76 Å². The molecule has 6 nitrogen and oxygen atoms in total. The maximum Gasteiger partial charge on any atom is 0.287 e. The molecule has 0 aliphatic rings. The highest BCUT2D eigenvalue weighted by Crippen LogP contribution is 2.24. The molecule has 25 heavy (non-hydrogen) atoms.